The molecular weight excluding hydrogens is 342 g/mol. The fourth-order valence-corrected chi connectivity index (χ4v) is 4.55. The van der Waals surface area contributed by atoms with E-state index >= 15 is 0 Å². The molecule has 0 bridgehead atoms. The highest BCUT2D eigenvalue weighted by Gasteiger charge is 2.33. The molecule has 7 heteroatoms. The molecule has 0 saturated carbocycles. The minimum atomic E-state index is -3.66. The molecule has 0 aliphatic heterocycles. The van der Waals surface area contributed by atoms with Gasteiger partial charge in [-0.3, -0.25) is 0 Å². The molecule has 1 N–H and O–H groups in total. The van der Waals surface area contributed by atoms with Gasteiger partial charge in [0.15, 0.2) is 0 Å². The Kier molecular flexibility index (Phi) is 8.21. The number of benzene rings is 1. The summed E-state index contributed by atoms with van der Waals surface area (Å²) in [5, 5.41) is 10.2. The summed E-state index contributed by atoms with van der Waals surface area (Å²) in [5.41, 5.74) is 0. The van der Waals surface area contributed by atoms with E-state index in [1.807, 2.05) is 20.1 Å². The molecule has 1 rings (SSSR count). The maximum absolute atomic E-state index is 12.9. The zero-order chi connectivity index (χ0) is 16.8. The van der Waals surface area contributed by atoms with Gasteiger partial charge in [-0.1, -0.05) is 31.9 Å². The third-order valence-corrected chi connectivity index (χ3v) is 6.58. The molecule has 126 valence electrons. The zero-order valence-corrected chi connectivity index (χ0v) is 15.6. The fourth-order valence-electron chi connectivity index (χ4n) is 2.21. The first-order chi connectivity index (χ1) is 10.4. The Morgan fingerprint density at radius 1 is 1.32 bits per heavy atom. The van der Waals surface area contributed by atoms with Gasteiger partial charge in [-0.15, -0.1) is 0 Å². The molecule has 0 aromatic heterocycles. The van der Waals surface area contributed by atoms with Crippen molar-refractivity contribution in [2.45, 2.75) is 31.2 Å². The van der Waals surface area contributed by atoms with E-state index in [9.17, 15) is 13.5 Å². The highest BCUT2D eigenvalue weighted by Crippen LogP contribution is 2.24. The second-order valence-electron chi connectivity index (χ2n) is 5.20. The van der Waals surface area contributed by atoms with Crippen LogP contribution in [0.2, 0.25) is 5.02 Å². The highest BCUT2D eigenvalue weighted by molar-refractivity contribution is 7.98. The van der Waals surface area contributed by atoms with Gasteiger partial charge in [-0.25, -0.2) is 8.42 Å². The largest absolute Gasteiger partial charge is 0.395 e. The van der Waals surface area contributed by atoms with Crippen LogP contribution < -0.4 is 0 Å². The fraction of sp³-hybridized carbons (Fsp3) is 0.600. The third kappa shape index (κ3) is 4.86. The Bertz CT molecular complexity index is 548. The van der Waals surface area contributed by atoms with Gasteiger partial charge in [-0.2, -0.15) is 16.1 Å². The van der Waals surface area contributed by atoms with Gasteiger partial charge in [0.25, 0.3) is 0 Å². The molecule has 1 aromatic rings. The molecule has 0 aliphatic carbocycles. The number of halogens is 1. The molecule has 0 saturated heterocycles. The number of aliphatic hydroxyl groups excluding tert-OH is 1. The number of hydrogen-bond donors (Lipinski definition) is 1. The van der Waals surface area contributed by atoms with Gasteiger partial charge in [-0.05, 0) is 36.4 Å². The molecule has 0 aliphatic rings. The minimum Gasteiger partial charge on any atom is -0.395 e. The van der Waals surface area contributed by atoms with Crippen LogP contribution in [-0.2, 0) is 10.0 Å². The van der Waals surface area contributed by atoms with Gasteiger partial charge >= 0.3 is 0 Å². The van der Waals surface area contributed by atoms with Crippen LogP contribution in [0.15, 0.2) is 29.2 Å². The number of hydrogen-bond acceptors (Lipinski definition) is 4. The Balaban J connectivity index is 3.20. The van der Waals surface area contributed by atoms with Crippen LogP contribution in [0.3, 0.4) is 0 Å². The lowest BCUT2D eigenvalue weighted by atomic mass is 10.00. The second kappa shape index (κ2) is 9.13. The summed E-state index contributed by atoms with van der Waals surface area (Å²) in [6.45, 7) is 4.15. The van der Waals surface area contributed by atoms with E-state index in [2.05, 4.69) is 0 Å². The molecule has 0 radical (unpaired) electrons. The van der Waals surface area contributed by atoms with Crippen molar-refractivity contribution in [3.8, 4) is 0 Å². The monoisotopic (exact) mass is 365 g/mol. The van der Waals surface area contributed by atoms with E-state index in [0.29, 0.717) is 17.3 Å². The standard InChI is InChI=1S/C15H24ClNO3S2/c1-4-12(2)15(11-18)17(9-10-21-3)22(19,20)14-7-5-13(16)6-8-14/h5-8,12,15,18H,4,9-11H2,1-3H3. The van der Waals surface area contributed by atoms with Crippen molar-refractivity contribution in [1.29, 1.82) is 0 Å². The van der Waals surface area contributed by atoms with Crippen LogP contribution in [-0.4, -0.2) is 49.0 Å². The summed E-state index contributed by atoms with van der Waals surface area (Å²) in [5.74, 6) is 0.758. The van der Waals surface area contributed by atoms with Crippen LogP contribution in [0.25, 0.3) is 0 Å². The Hall–Kier alpha value is -0.270. The summed E-state index contributed by atoms with van der Waals surface area (Å²) in [7, 11) is -3.66. The van der Waals surface area contributed by atoms with Gasteiger partial charge in [0.05, 0.1) is 17.5 Å². The van der Waals surface area contributed by atoms with Crippen molar-refractivity contribution >= 4 is 33.4 Å². The predicted octanol–water partition coefficient (Wildman–Crippen LogP) is 3.10. The van der Waals surface area contributed by atoms with E-state index in [-0.39, 0.29) is 17.4 Å². The van der Waals surface area contributed by atoms with E-state index in [4.69, 9.17) is 11.6 Å². The van der Waals surface area contributed by atoms with Crippen molar-refractivity contribution in [2.24, 2.45) is 5.92 Å². The number of thioether (sulfide) groups is 1. The first-order valence-corrected chi connectivity index (χ1v) is 10.5. The van der Waals surface area contributed by atoms with E-state index in [1.165, 1.54) is 16.4 Å². The molecule has 0 spiro atoms. The van der Waals surface area contributed by atoms with Crippen molar-refractivity contribution in [1.82, 2.24) is 4.31 Å². The lowest BCUT2D eigenvalue weighted by Gasteiger charge is -2.33. The summed E-state index contributed by atoms with van der Waals surface area (Å²) in [6, 6.07) is 5.73. The Labute approximate surface area is 142 Å². The summed E-state index contributed by atoms with van der Waals surface area (Å²) < 4.78 is 27.3. The van der Waals surface area contributed by atoms with Gasteiger partial charge in [0, 0.05) is 17.3 Å². The first kappa shape index (κ1) is 19.8. The smallest absolute Gasteiger partial charge is 0.243 e. The molecule has 2 atom stereocenters. The van der Waals surface area contributed by atoms with Crippen molar-refractivity contribution in [3.63, 3.8) is 0 Å². The number of nitrogens with zero attached hydrogens (tertiary/aromatic N) is 1. The number of sulfonamides is 1. The third-order valence-electron chi connectivity index (χ3n) is 3.79. The molecule has 0 fully saturated rings. The molecule has 1 aromatic carbocycles. The van der Waals surface area contributed by atoms with Gasteiger partial charge < -0.3 is 5.11 Å². The maximum Gasteiger partial charge on any atom is 0.243 e. The number of aliphatic hydroxyl groups is 1. The Morgan fingerprint density at radius 2 is 1.91 bits per heavy atom. The second-order valence-corrected chi connectivity index (χ2v) is 8.51. The molecule has 0 amide bonds. The van der Waals surface area contributed by atoms with E-state index in [1.54, 1.807) is 23.9 Å². The van der Waals surface area contributed by atoms with Crippen LogP contribution in [0.1, 0.15) is 20.3 Å². The highest BCUT2D eigenvalue weighted by atomic mass is 35.5. The minimum absolute atomic E-state index is 0.0777. The van der Waals surface area contributed by atoms with Crippen molar-refractivity contribution < 1.29 is 13.5 Å². The van der Waals surface area contributed by atoms with Crippen LogP contribution in [0, 0.1) is 5.92 Å². The quantitative estimate of drug-likeness (QED) is 0.730. The lowest BCUT2D eigenvalue weighted by molar-refractivity contribution is 0.147. The van der Waals surface area contributed by atoms with Gasteiger partial charge in [0.1, 0.15) is 0 Å². The summed E-state index contributed by atoms with van der Waals surface area (Å²) in [4.78, 5) is 0.208. The average Bonchev–Trinajstić information content (AvgIpc) is 2.51. The normalized spacial score (nSPS) is 15.0. The summed E-state index contributed by atoms with van der Waals surface area (Å²) in [6.07, 6.45) is 2.74. The summed E-state index contributed by atoms with van der Waals surface area (Å²) >= 11 is 7.42. The molecule has 0 heterocycles. The molecular formula is C15H24ClNO3S2. The SMILES string of the molecule is CCC(C)C(CO)N(CCSC)S(=O)(=O)c1ccc(Cl)cc1. The maximum atomic E-state index is 12.9. The van der Waals surface area contributed by atoms with Crippen LogP contribution >= 0.6 is 23.4 Å². The molecule has 4 nitrogen and oxygen atoms in total. The van der Waals surface area contributed by atoms with Crippen LogP contribution in [0.4, 0.5) is 0 Å². The number of rotatable bonds is 9. The average molecular weight is 366 g/mol. The Morgan fingerprint density at radius 3 is 2.36 bits per heavy atom. The van der Waals surface area contributed by atoms with Crippen molar-refractivity contribution in [3.05, 3.63) is 29.3 Å². The van der Waals surface area contributed by atoms with Crippen LogP contribution in [0.5, 0.6) is 0 Å². The zero-order valence-electron chi connectivity index (χ0n) is 13.2. The molecule has 22 heavy (non-hydrogen) atoms. The predicted molar refractivity (Wildman–Crippen MR) is 94.1 cm³/mol. The van der Waals surface area contributed by atoms with E-state index < -0.39 is 16.1 Å². The topological polar surface area (TPSA) is 57.6 Å². The molecule has 2 unspecified atom stereocenters. The van der Waals surface area contributed by atoms with E-state index in [0.717, 1.165) is 6.42 Å². The lowest BCUT2D eigenvalue weighted by Crippen LogP contribution is -2.47. The first-order valence-electron chi connectivity index (χ1n) is 7.25. The van der Waals surface area contributed by atoms with Crippen molar-refractivity contribution in [2.75, 3.05) is 25.2 Å². The van der Waals surface area contributed by atoms with Gasteiger partial charge in [0.2, 0.25) is 10.0 Å².